The van der Waals surface area contributed by atoms with Crippen molar-refractivity contribution in [3.05, 3.63) is 58.4 Å². The molecule has 3 nitrogen and oxygen atoms in total. The van der Waals surface area contributed by atoms with E-state index in [0.29, 0.717) is 18.6 Å². The van der Waals surface area contributed by atoms with Gasteiger partial charge in [-0.3, -0.25) is 0 Å². The number of ether oxygens (including phenoxy) is 3. The summed E-state index contributed by atoms with van der Waals surface area (Å²) in [5.41, 5.74) is 2.78. The first-order valence-corrected chi connectivity index (χ1v) is 11.4. The Morgan fingerprint density at radius 3 is 2.03 bits per heavy atom. The van der Waals surface area contributed by atoms with E-state index >= 15 is 0 Å². The van der Waals surface area contributed by atoms with Gasteiger partial charge in [0, 0.05) is 5.92 Å². The van der Waals surface area contributed by atoms with Crippen LogP contribution in [0, 0.1) is 5.92 Å². The quantitative estimate of drug-likeness (QED) is 0.176. The maximum Gasteiger partial charge on any atom is 0.195 e. The molecule has 0 aliphatic heterocycles. The van der Waals surface area contributed by atoms with Gasteiger partial charge in [0.2, 0.25) is 0 Å². The highest BCUT2D eigenvalue weighted by atomic mass is 19.2. The molecule has 1 aromatic rings. The fraction of sp³-hybridized carbons (Fsp3) is 0.615. The van der Waals surface area contributed by atoms with Gasteiger partial charge >= 0.3 is 0 Å². The van der Waals surface area contributed by atoms with E-state index in [0.717, 1.165) is 12.0 Å². The molecule has 0 heterocycles. The highest BCUT2D eigenvalue weighted by molar-refractivity contribution is 5.28. The lowest BCUT2D eigenvalue weighted by Crippen LogP contribution is -2.18. The Morgan fingerprint density at radius 2 is 1.52 bits per heavy atom. The Bertz CT molecular complexity index is 666. The molecule has 31 heavy (non-hydrogen) atoms. The highest BCUT2D eigenvalue weighted by Gasteiger charge is 2.19. The van der Waals surface area contributed by atoms with Crippen molar-refractivity contribution in [3.8, 4) is 0 Å². The summed E-state index contributed by atoms with van der Waals surface area (Å²) < 4.78 is 44.7. The average Bonchev–Trinajstić information content (AvgIpc) is 2.81. The second-order valence-corrected chi connectivity index (χ2v) is 7.30. The van der Waals surface area contributed by atoms with Crippen molar-refractivity contribution in [2.45, 2.75) is 87.0 Å². The summed E-state index contributed by atoms with van der Waals surface area (Å²) in [4.78, 5) is 0. The summed E-state index contributed by atoms with van der Waals surface area (Å²) in [7, 11) is 1.32. The summed E-state index contributed by atoms with van der Waals surface area (Å²) in [5, 5.41) is 0. The van der Waals surface area contributed by atoms with Crippen LogP contribution in [0.2, 0.25) is 0 Å². The topological polar surface area (TPSA) is 27.7 Å². The molecule has 2 unspecified atom stereocenters. The van der Waals surface area contributed by atoms with Crippen LogP contribution < -0.4 is 0 Å². The maximum absolute atomic E-state index is 14.4. The van der Waals surface area contributed by atoms with Gasteiger partial charge in [0.05, 0.1) is 20.3 Å². The average molecular weight is 441 g/mol. The number of aryl methyl sites for hydroxylation is 1. The Balaban J connectivity index is 0.00000436. The number of methoxy groups -OCH3 is 1. The molecule has 0 radical (unpaired) electrons. The van der Waals surface area contributed by atoms with Gasteiger partial charge in [-0.25, -0.2) is 8.78 Å². The Labute approximate surface area is 188 Å². The van der Waals surface area contributed by atoms with E-state index in [-0.39, 0.29) is 18.3 Å². The van der Waals surface area contributed by atoms with Crippen LogP contribution in [-0.4, -0.2) is 20.0 Å². The summed E-state index contributed by atoms with van der Waals surface area (Å²) in [6, 6.07) is 8.40. The number of unbranched alkanes of at least 4 members (excludes halogenated alkanes) is 1. The van der Waals surface area contributed by atoms with Gasteiger partial charge in [-0.2, -0.15) is 0 Å². The van der Waals surface area contributed by atoms with Gasteiger partial charge in [0.15, 0.2) is 17.9 Å². The van der Waals surface area contributed by atoms with Crippen molar-refractivity contribution in [3.63, 3.8) is 0 Å². The third-order valence-electron chi connectivity index (χ3n) is 4.97. The fourth-order valence-corrected chi connectivity index (χ4v) is 2.93. The molecular weight excluding hydrogens is 398 g/mol. The van der Waals surface area contributed by atoms with Gasteiger partial charge in [-0.05, 0) is 49.8 Å². The van der Waals surface area contributed by atoms with E-state index in [1.54, 1.807) is 6.92 Å². The number of hydrogen-bond acceptors (Lipinski definition) is 3. The molecule has 5 heteroatoms. The molecule has 0 fully saturated rings. The second kappa shape index (κ2) is 16.9. The molecule has 0 N–H and O–H groups in total. The van der Waals surface area contributed by atoms with Crippen molar-refractivity contribution >= 4 is 0 Å². The first kappa shape index (κ1) is 29.3. The first-order valence-electron chi connectivity index (χ1n) is 11.4. The lowest BCUT2D eigenvalue weighted by atomic mass is 9.98. The molecule has 2 atom stereocenters. The molecule has 1 rings (SSSR count). The van der Waals surface area contributed by atoms with E-state index < -0.39 is 17.9 Å². The third-order valence-corrected chi connectivity index (χ3v) is 4.97. The standard InChI is InChI=1S/C24H36F2O3.C2H6/c1-7-9-10-20-11-13-21(14-12-20)16-29-19(5)28-15-17(3)22(8-2)24(26)23(25)18(4)27-6;1-2/h11-14,17,19H,7-10,15-16H2,1-6H3;1-2H3/b23-18-,24-22-;. The van der Waals surface area contributed by atoms with Gasteiger partial charge in [-0.15, -0.1) is 0 Å². The molecular formula is C26H42F2O3. The lowest BCUT2D eigenvalue weighted by molar-refractivity contribution is -0.142. The Hall–Kier alpha value is -1.72. The van der Waals surface area contributed by atoms with Crippen LogP contribution in [0.15, 0.2) is 47.3 Å². The van der Waals surface area contributed by atoms with Gasteiger partial charge in [-0.1, -0.05) is 65.3 Å². The summed E-state index contributed by atoms with van der Waals surface area (Å²) in [5.74, 6) is -2.17. The van der Waals surface area contributed by atoms with Crippen LogP contribution in [0.5, 0.6) is 0 Å². The van der Waals surface area contributed by atoms with Crippen molar-refractivity contribution < 1.29 is 23.0 Å². The van der Waals surface area contributed by atoms with Gasteiger partial charge < -0.3 is 14.2 Å². The van der Waals surface area contributed by atoms with Crippen LogP contribution in [-0.2, 0) is 27.2 Å². The van der Waals surface area contributed by atoms with Crippen molar-refractivity contribution in [1.29, 1.82) is 0 Å². The largest absolute Gasteiger partial charge is 0.498 e. The number of halogens is 2. The minimum absolute atomic E-state index is 0.0704. The molecule has 0 spiro atoms. The predicted molar refractivity (Wildman–Crippen MR) is 125 cm³/mol. The van der Waals surface area contributed by atoms with Crippen LogP contribution in [0.4, 0.5) is 8.78 Å². The minimum Gasteiger partial charge on any atom is -0.498 e. The SMILES string of the molecule is CC.CCCCc1ccc(COC(C)OCC(C)/C(CC)=C(F)/C(F)=C(\C)OC)cc1. The molecule has 0 aromatic heterocycles. The molecule has 1 aromatic carbocycles. The maximum atomic E-state index is 14.4. The van der Waals surface area contributed by atoms with Crippen molar-refractivity contribution in [2.75, 3.05) is 13.7 Å². The highest BCUT2D eigenvalue weighted by Crippen LogP contribution is 2.28. The molecule has 0 aliphatic rings. The predicted octanol–water partition coefficient (Wildman–Crippen LogP) is 8.05. The van der Waals surface area contributed by atoms with E-state index in [9.17, 15) is 8.78 Å². The van der Waals surface area contributed by atoms with Gasteiger partial charge in [0.25, 0.3) is 0 Å². The summed E-state index contributed by atoms with van der Waals surface area (Å²) in [6.45, 7) is 13.7. The van der Waals surface area contributed by atoms with E-state index in [2.05, 4.69) is 31.2 Å². The Kier molecular flexibility index (Phi) is 16.0. The zero-order valence-corrected chi connectivity index (χ0v) is 20.7. The van der Waals surface area contributed by atoms with Crippen LogP contribution in [0.3, 0.4) is 0 Å². The van der Waals surface area contributed by atoms with Crippen LogP contribution >= 0.6 is 0 Å². The normalized spacial score (nSPS) is 14.6. The summed E-state index contributed by atoms with van der Waals surface area (Å²) >= 11 is 0. The fourth-order valence-electron chi connectivity index (χ4n) is 2.93. The number of rotatable bonds is 13. The first-order chi connectivity index (χ1) is 14.8. The third kappa shape index (κ3) is 10.9. The van der Waals surface area contributed by atoms with Crippen molar-refractivity contribution in [1.82, 2.24) is 0 Å². The second-order valence-electron chi connectivity index (χ2n) is 7.30. The van der Waals surface area contributed by atoms with Crippen LogP contribution in [0.25, 0.3) is 0 Å². The molecule has 0 saturated carbocycles. The van der Waals surface area contributed by atoms with E-state index in [1.807, 2.05) is 27.7 Å². The molecule has 0 aliphatic carbocycles. The smallest absolute Gasteiger partial charge is 0.195 e. The number of hydrogen-bond donors (Lipinski definition) is 0. The minimum atomic E-state index is -0.956. The van der Waals surface area contributed by atoms with Crippen molar-refractivity contribution in [2.24, 2.45) is 5.92 Å². The Morgan fingerprint density at radius 1 is 0.935 bits per heavy atom. The van der Waals surface area contributed by atoms with Gasteiger partial charge in [0.1, 0.15) is 5.76 Å². The molecule has 0 saturated heterocycles. The number of benzene rings is 1. The monoisotopic (exact) mass is 440 g/mol. The van der Waals surface area contributed by atoms with Crippen LogP contribution in [0.1, 0.15) is 78.9 Å². The van der Waals surface area contributed by atoms with E-state index in [1.165, 1.54) is 32.4 Å². The molecule has 0 amide bonds. The zero-order chi connectivity index (χ0) is 23.8. The lowest BCUT2D eigenvalue weighted by Gasteiger charge is -2.20. The number of allylic oxidation sites excluding steroid dienone is 3. The molecule has 178 valence electrons. The van der Waals surface area contributed by atoms with E-state index in [4.69, 9.17) is 14.2 Å². The zero-order valence-electron chi connectivity index (χ0n) is 20.7. The molecule has 0 bridgehead atoms. The summed E-state index contributed by atoms with van der Waals surface area (Å²) in [6.07, 6.45) is 3.42.